The van der Waals surface area contributed by atoms with Crippen LogP contribution in [0.2, 0.25) is 0 Å². The second-order valence-corrected chi connectivity index (χ2v) is 5.17. The Balaban J connectivity index is 1.57. The van der Waals surface area contributed by atoms with Gasteiger partial charge in [-0.3, -0.25) is 0 Å². The fourth-order valence-corrected chi connectivity index (χ4v) is 3.05. The quantitative estimate of drug-likeness (QED) is 0.840. The Labute approximate surface area is 97.0 Å². The molecule has 2 aliphatic rings. The van der Waals surface area contributed by atoms with Gasteiger partial charge in [-0.05, 0) is 49.8 Å². The Bertz CT molecular complexity index is 377. The maximum absolute atomic E-state index is 5.86. The van der Waals surface area contributed by atoms with Gasteiger partial charge in [0.2, 0.25) is 0 Å². The van der Waals surface area contributed by atoms with Gasteiger partial charge in [0.25, 0.3) is 0 Å². The summed E-state index contributed by atoms with van der Waals surface area (Å²) in [5.41, 5.74) is 1.26. The van der Waals surface area contributed by atoms with E-state index in [9.17, 15) is 0 Å². The summed E-state index contributed by atoms with van der Waals surface area (Å²) in [7, 11) is 0. The third kappa shape index (κ3) is 1.94. The van der Waals surface area contributed by atoms with Gasteiger partial charge in [0, 0.05) is 12.1 Å². The number of piperidine rings is 1. The summed E-state index contributed by atoms with van der Waals surface area (Å²) >= 11 is 0. The molecule has 1 N–H and O–H groups in total. The van der Waals surface area contributed by atoms with Gasteiger partial charge in [-0.25, -0.2) is 0 Å². The molecular weight excluding hydrogens is 198 g/mol. The van der Waals surface area contributed by atoms with Crippen LogP contribution in [0.25, 0.3) is 0 Å². The van der Waals surface area contributed by atoms with E-state index in [-0.39, 0.29) is 0 Å². The van der Waals surface area contributed by atoms with Crippen molar-refractivity contribution < 1.29 is 4.74 Å². The zero-order valence-corrected chi connectivity index (χ0v) is 9.78. The molecule has 2 nitrogen and oxygen atoms in total. The molecule has 0 amide bonds. The molecule has 1 aromatic carbocycles. The van der Waals surface area contributed by atoms with Crippen LogP contribution in [0.1, 0.15) is 24.8 Å². The number of ether oxygens (including phenoxy) is 1. The molecule has 0 aromatic heterocycles. The molecule has 2 heteroatoms. The molecule has 1 saturated carbocycles. The molecule has 1 aliphatic carbocycles. The predicted molar refractivity (Wildman–Crippen MR) is 64.7 cm³/mol. The van der Waals surface area contributed by atoms with Crippen molar-refractivity contribution in [2.75, 3.05) is 6.61 Å². The topological polar surface area (TPSA) is 21.3 Å². The van der Waals surface area contributed by atoms with Crippen LogP contribution in [0.3, 0.4) is 0 Å². The maximum atomic E-state index is 5.86. The minimum atomic E-state index is 0.583. The maximum Gasteiger partial charge on any atom is 0.119 e. The molecular formula is C14H19NO. The molecule has 2 bridgehead atoms. The van der Waals surface area contributed by atoms with Crippen LogP contribution < -0.4 is 10.1 Å². The SMILES string of the molecule is Cc1cccc(OC[C@H]2N[C@@H]3CC[C@H]2C3)c1. The van der Waals surface area contributed by atoms with Gasteiger partial charge in [0.05, 0.1) is 0 Å². The molecule has 0 radical (unpaired) electrons. The summed E-state index contributed by atoms with van der Waals surface area (Å²) in [4.78, 5) is 0. The Kier molecular flexibility index (Phi) is 2.60. The van der Waals surface area contributed by atoms with Crippen molar-refractivity contribution in [3.8, 4) is 5.75 Å². The lowest BCUT2D eigenvalue weighted by Crippen LogP contribution is -2.39. The van der Waals surface area contributed by atoms with Gasteiger partial charge in [-0.2, -0.15) is 0 Å². The number of fused-ring (bicyclic) bond motifs is 2. The summed E-state index contributed by atoms with van der Waals surface area (Å²) in [5, 5.41) is 3.65. The van der Waals surface area contributed by atoms with Crippen molar-refractivity contribution in [2.45, 2.75) is 38.3 Å². The van der Waals surface area contributed by atoms with E-state index >= 15 is 0 Å². The van der Waals surface area contributed by atoms with Crippen LogP contribution in [0.4, 0.5) is 0 Å². The molecule has 1 heterocycles. The number of benzene rings is 1. The average Bonchev–Trinajstić information content (AvgIpc) is 2.88. The Morgan fingerprint density at radius 1 is 1.38 bits per heavy atom. The van der Waals surface area contributed by atoms with E-state index in [2.05, 4.69) is 30.4 Å². The summed E-state index contributed by atoms with van der Waals surface area (Å²) in [6, 6.07) is 9.66. The first kappa shape index (κ1) is 10.2. The van der Waals surface area contributed by atoms with E-state index in [1.165, 1.54) is 24.8 Å². The molecule has 16 heavy (non-hydrogen) atoms. The van der Waals surface area contributed by atoms with Crippen LogP contribution in [-0.2, 0) is 0 Å². The second kappa shape index (κ2) is 4.10. The van der Waals surface area contributed by atoms with E-state index in [1.54, 1.807) is 0 Å². The third-order valence-electron chi connectivity index (χ3n) is 3.91. The molecule has 0 unspecified atom stereocenters. The first-order chi connectivity index (χ1) is 7.81. The number of aryl methyl sites for hydroxylation is 1. The zero-order valence-electron chi connectivity index (χ0n) is 9.78. The standard InChI is InChI=1S/C14H19NO/c1-10-3-2-4-13(7-10)16-9-14-11-5-6-12(8-11)15-14/h2-4,7,11-12,14-15H,5-6,8-9H2,1H3/t11-,12+,14+/m0/s1. The number of rotatable bonds is 3. The monoisotopic (exact) mass is 217 g/mol. The molecule has 86 valence electrons. The lowest BCUT2D eigenvalue weighted by Gasteiger charge is -2.23. The smallest absolute Gasteiger partial charge is 0.119 e. The van der Waals surface area contributed by atoms with E-state index in [0.29, 0.717) is 6.04 Å². The second-order valence-electron chi connectivity index (χ2n) is 5.17. The minimum absolute atomic E-state index is 0.583. The highest BCUT2D eigenvalue weighted by molar-refractivity contribution is 5.27. The number of hydrogen-bond acceptors (Lipinski definition) is 2. The molecule has 1 aromatic rings. The molecule has 3 atom stereocenters. The lowest BCUT2D eigenvalue weighted by molar-refractivity contribution is 0.229. The fraction of sp³-hybridized carbons (Fsp3) is 0.571. The average molecular weight is 217 g/mol. The molecule has 1 aliphatic heterocycles. The van der Waals surface area contributed by atoms with Gasteiger partial charge in [0.1, 0.15) is 12.4 Å². The van der Waals surface area contributed by atoms with Gasteiger partial charge in [-0.1, -0.05) is 12.1 Å². The van der Waals surface area contributed by atoms with Crippen molar-refractivity contribution in [2.24, 2.45) is 5.92 Å². The first-order valence-electron chi connectivity index (χ1n) is 6.27. The van der Waals surface area contributed by atoms with Gasteiger partial charge in [0.15, 0.2) is 0 Å². The van der Waals surface area contributed by atoms with Crippen molar-refractivity contribution in [3.63, 3.8) is 0 Å². The van der Waals surface area contributed by atoms with E-state index in [0.717, 1.165) is 24.3 Å². The van der Waals surface area contributed by atoms with Crippen molar-refractivity contribution in [1.29, 1.82) is 0 Å². The highest BCUT2D eigenvalue weighted by Crippen LogP contribution is 2.35. The van der Waals surface area contributed by atoms with Gasteiger partial charge >= 0.3 is 0 Å². The van der Waals surface area contributed by atoms with Crippen LogP contribution in [0.15, 0.2) is 24.3 Å². The van der Waals surface area contributed by atoms with Crippen LogP contribution in [-0.4, -0.2) is 18.7 Å². The van der Waals surface area contributed by atoms with Crippen molar-refractivity contribution in [1.82, 2.24) is 5.32 Å². The highest BCUT2D eigenvalue weighted by atomic mass is 16.5. The Hall–Kier alpha value is -1.02. The molecule has 3 rings (SSSR count). The Morgan fingerprint density at radius 3 is 3.00 bits per heavy atom. The third-order valence-corrected chi connectivity index (χ3v) is 3.91. The molecule has 1 saturated heterocycles. The summed E-state index contributed by atoms with van der Waals surface area (Å²) < 4.78 is 5.86. The minimum Gasteiger partial charge on any atom is -0.492 e. The largest absolute Gasteiger partial charge is 0.492 e. The van der Waals surface area contributed by atoms with Crippen LogP contribution in [0, 0.1) is 12.8 Å². The fourth-order valence-electron chi connectivity index (χ4n) is 3.05. The zero-order chi connectivity index (χ0) is 11.0. The van der Waals surface area contributed by atoms with E-state index < -0.39 is 0 Å². The van der Waals surface area contributed by atoms with Crippen LogP contribution >= 0.6 is 0 Å². The summed E-state index contributed by atoms with van der Waals surface area (Å²) in [6.45, 7) is 2.92. The van der Waals surface area contributed by atoms with Gasteiger partial charge < -0.3 is 10.1 Å². The number of hydrogen-bond donors (Lipinski definition) is 1. The first-order valence-corrected chi connectivity index (χ1v) is 6.27. The van der Waals surface area contributed by atoms with Gasteiger partial charge in [-0.15, -0.1) is 0 Å². The highest BCUT2D eigenvalue weighted by Gasteiger charge is 2.39. The summed E-state index contributed by atoms with van der Waals surface area (Å²) in [6.07, 6.45) is 4.12. The van der Waals surface area contributed by atoms with Crippen molar-refractivity contribution in [3.05, 3.63) is 29.8 Å². The number of nitrogens with one attached hydrogen (secondary N) is 1. The predicted octanol–water partition coefficient (Wildman–Crippen LogP) is 2.51. The lowest BCUT2D eigenvalue weighted by atomic mass is 10.0. The summed E-state index contributed by atoms with van der Waals surface area (Å²) in [5.74, 6) is 1.86. The van der Waals surface area contributed by atoms with E-state index in [1.807, 2.05) is 6.07 Å². The normalized spacial score (nSPS) is 31.9. The molecule has 2 fully saturated rings. The van der Waals surface area contributed by atoms with Crippen LogP contribution in [0.5, 0.6) is 5.75 Å². The van der Waals surface area contributed by atoms with Crippen molar-refractivity contribution >= 4 is 0 Å². The molecule has 0 spiro atoms. The Morgan fingerprint density at radius 2 is 2.31 bits per heavy atom. The van der Waals surface area contributed by atoms with E-state index in [4.69, 9.17) is 4.74 Å².